The van der Waals surface area contributed by atoms with E-state index in [2.05, 4.69) is 0 Å². The van der Waals surface area contributed by atoms with Crippen molar-refractivity contribution in [2.24, 2.45) is 5.73 Å². The molecule has 0 amide bonds. The van der Waals surface area contributed by atoms with Gasteiger partial charge in [0, 0.05) is 6.16 Å². The Labute approximate surface area is 113 Å². The minimum atomic E-state index is -3.39. The molecule has 0 heterocycles. The Morgan fingerprint density at radius 2 is 1.53 bits per heavy atom. The highest BCUT2D eigenvalue weighted by Gasteiger charge is 2.28. The zero-order chi connectivity index (χ0) is 13.7. The standard InChI is InChI=1S/C15H18NO2P/c16-15(14-9-5-2-6-10-14)19(17,18)12-11-13-7-3-1-4-8-13/h1-10,15H,11-12,16H2,(H,17,18). The van der Waals surface area contributed by atoms with E-state index in [9.17, 15) is 9.46 Å². The van der Waals surface area contributed by atoms with Gasteiger partial charge in [0.25, 0.3) is 0 Å². The molecule has 0 aromatic heterocycles. The Morgan fingerprint density at radius 1 is 1.00 bits per heavy atom. The Hall–Kier alpha value is -1.41. The largest absolute Gasteiger partial charge is 0.343 e. The molecule has 0 aliphatic carbocycles. The summed E-state index contributed by atoms with van der Waals surface area (Å²) >= 11 is 0. The summed E-state index contributed by atoms with van der Waals surface area (Å²) in [6.45, 7) is 0. The summed E-state index contributed by atoms with van der Waals surface area (Å²) in [5.41, 5.74) is 7.69. The number of hydrogen-bond donors (Lipinski definition) is 2. The highest BCUT2D eigenvalue weighted by atomic mass is 31.2. The molecular weight excluding hydrogens is 257 g/mol. The van der Waals surface area contributed by atoms with E-state index in [0.717, 1.165) is 5.56 Å². The topological polar surface area (TPSA) is 63.3 Å². The first-order valence-corrected chi connectivity index (χ1v) is 8.17. The maximum absolute atomic E-state index is 12.3. The predicted octanol–water partition coefficient (Wildman–Crippen LogP) is 3.16. The molecule has 0 fully saturated rings. The highest BCUT2D eigenvalue weighted by Crippen LogP contribution is 2.52. The minimum Gasteiger partial charge on any atom is -0.343 e. The van der Waals surface area contributed by atoms with Gasteiger partial charge in [0.05, 0.1) is 0 Å². The molecule has 0 saturated carbocycles. The van der Waals surface area contributed by atoms with Gasteiger partial charge in [0.1, 0.15) is 5.78 Å². The quantitative estimate of drug-likeness (QED) is 0.824. The van der Waals surface area contributed by atoms with Crippen molar-refractivity contribution in [3.63, 3.8) is 0 Å². The van der Waals surface area contributed by atoms with Crippen LogP contribution in [0.5, 0.6) is 0 Å². The third-order valence-corrected chi connectivity index (χ3v) is 5.17. The van der Waals surface area contributed by atoms with Gasteiger partial charge >= 0.3 is 0 Å². The van der Waals surface area contributed by atoms with Crippen molar-refractivity contribution < 1.29 is 9.46 Å². The normalized spacial score (nSPS) is 15.7. The first-order chi connectivity index (χ1) is 9.09. The monoisotopic (exact) mass is 275 g/mol. The average molecular weight is 275 g/mol. The van der Waals surface area contributed by atoms with E-state index in [-0.39, 0.29) is 6.16 Å². The van der Waals surface area contributed by atoms with Gasteiger partial charge in [-0.05, 0) is 17.5 Å². The van der Waals surface area contributed by atoms with Crippen LogP contribution in [-0.2, 0) is 11.0 Å². The fourth-order valence-electron chi connectivity index (χ4n) is 1.96. The van der Waals surface area contributed by atoms with Gasteiger partial charge in [0.15, 0.2) is 0 Å². The molecule has 2 rings (SSSR count). The Kier molecular flexibility index (Phi) is 4.54. The molecule has 19 heavy (non-hydrogen) atoms. The number of rotatable bonds is 5. The molecule has 0 bridgehead atoms. The van der Waals surface area contributed by atoms with Crippen LogP contribution < -0.4 is 5.73 Å². The molecule has 0 aliphatic heterocycles. The van der Waals surface area contributed by atoms with Crippen LogP contribution in [0.25, 0.3) is 0 Å². The Balaban J connectivity index is 2.04. The minimum absolute atomic E-state index is 0.201. The molecule has 2 unspecified atom stereocenters. The number of benzene rings is 2. The fourth-order valence-corrected chi connectivity index (χ4v) is 3.45. The zero-order valence-corrected chi connectivity index (χ0v) is 11.5. The van der Waals surface area contributed by atoms with E-state index < -0.39 is 13.2 Å². The summed E-state index contributed by atoms with van der Waals surface area (Å²) in [7, 11) is -3.39. The molecule has 0 radical (unpaired) electrons. The van der Waals surface area contributed by atoms with Crippen LogP contribution >= 0.6 is 7.37 Å². The van der Waals surface area contributed by atoms with Crippen LogP contribution in [0.4, 0.5) is 0 Å². The van der Waals surface area contributed by atoms with Crippen LogP contribution in [0.1, 0.15) is 16.9 Å². The third kappa shape index (κ3) is 3.77. The molecule has 2 aromatic carbocycles. The van der Waals surface area contributed by atoms with E-state index in [0.29, 0.717) is 12.0 Å². The summed E-state index contributed by atoms with van der Waals surface area (Å²) in [5.74, 6) is -0.808. The van der Waals surface area contributed by atoms with Crippen molar-refractivity contribution in [2.45, 2.75) is 12.2 Å². The van der Waals surface area contributed by atoms with Crippen LogP contribution in [0, 0.1) is 0 Å². The Bertz CT molecular complexity index is 557. The van der Waals surface area contributed by atoms with Gasteiger partial charge in [-0.15, -0.1) is 0 Å². The van der Waals surface area contributed by atoms with Gasteiger partial charge in [0.2, 0.25) is 7.37 Å². The van der Waals surface area contributed by atoms with Crippen LogP contribution in [-0.4, -0.2) is 11.1 Å². The van der Waals surface area contributed by atoms with Gasteiger partial charge in [-0.25, -0.2) is 0 Å². The lowest BCUT2D eigenvalue weighted by atomic mass is 10.2. The number of hydrogen-bond acceptors (Lipinski definition) is 2. The number of aryl methyl sites for hydroxylation is 1. The summed E-state index contributed by atoms with van der Waals surface area (Å²) in [6.07, 6.45) is 0.766. The van der Waals surface area contributed by atoms with Gasteiger partial charge in [-0.3, -0.25) is 4.57 Å². The fraction of sp³-hybridized carbons (Fsp3) is 0.200. The summed E-state index contributed by atoms with van der Waals surface area (Å²) in [5, 5.41) is 0. The second kappa shape index (κ2) is 6.16. The van der Waals surface area contributed by atoms with E-state index in [1.165, 1.54) is 0 Å². The van der Waals surface area contributed by atoms with Crippen LogP contribution in [0.15, 0.2) is 60.7 Å². The zero-order valence-electron chi connectivity index (χ0n) is 10.6. The van der Waals surface area contributed by atoms with Crippen LogP contribution in [0.2, 0.25) is 0 Å². The van der Waals surface area contributed by atoms with Crippen molar-refractivity contribution in [1.82, 2.24) is 0 Å². The third-order valence-electron chi connectivity index (χ3n) is 3.14. The highest BCUT2D eigenvalue weighted by molar-refractivity contribution is 7.58. The van der Waals surface area contributed by atoms with E-state index in [1.807, 2.05) is 48.5 Å². The lowest BCUT2D eigenvalue weighted by molar-refractivity contribution is 0.464. The maximum Gasteiger partial charge on any atom is 0.221 e. The van der Waals surface area contributed by atoms with Gasteiger partial charge in [-0.2, -0.15) is 0 Å². The smallest absolute Gasteiger partial charge is 0.221 e. The molecule has 3 nitrogen and oxygen atoms in total. The predicted molar refractivity (Wildman–Crippen MR) is 78.2 cm³/mol. The molecule has 100 valence electrons. The Morgan fingerprint density at radius 3 is 2.11 bits per heavy atom. The molecule has 3 N–H and O–H groups in total. The second-order valence-corrected chi connectivity index (χ2v) is 7.09. The second-order valence-electron chi connectivity index (χ2n) is 4.57. The van der Waals surface area contributed by atoms with Crippen molar-refractivity contribution in [3.05, 3.63) is 71.8 Å². The van der Waals surface area contributed by atoms with E-state index in [4.69, 9.17) is 5.73 Å². The van der Waals surface area contributed by atoms with Crippen molar-refractivity contribution in [3.8, 4) is 0 Å². The molecule has 0 saturated heterocycles. The first-order valence-electron chi connectivity index (χ1n) is 6.25. The summed E-state index contributed by atoms with van der Waals surface area (Å²) < 4.78 is 12.3. The van der Waals surface area contributed by atoms with Crippen molar-refractivity contribution in [2.75, 3.05) is 6.16 Å². The SMILES string of the molecule is NC(c1ccccc1)P(=O)(O)CCc1ccccc1. The first kappa shape index (κ1) is 14.0. The average Bonchev–Trinajstić information content (AvgIpc) is 2.46. The van der Waals surface area contributed by atoms with Gasteiger partial charge < -0.3 is 10.6 Å². The van der Waals surface area contributed by atoms with Crippen molar-refractivity contribution >= 4 is 7.37 Å². The molecule has 4 heteroatoms. The molecule has 0 aliphatic rings. The van der Waals surface area contributed by atoms with E-state index in [1.54, 1.807) is 12.1 Å². The van der Waals surface area contributed by atoms with Crippen LogP contribution in [0.3, 0.4) is 0 Å². The molecular formula is C15H18NO2P. The van der Waals surface area contributed by atoms with Crippen molar-refractivity contribution in [1.29, 1.82) is 0 Å². The van der Waals surface area contributed by atoms with Gasteiger partial charge in [-0.1, -0.05) is 60.7 Å². The number of nitrogens with two attached hydrogens (primary N) is 1. The lowest BCUT2D eigenvalue weighted by Crippen LogP contribution is -2.13. The molecule has 2 atom stereocenters. The molecule has 2 aromatic rings. The summed E-state index contributed by atoms with van der Waals surface area (Å²) in [6, 6.07) is 18.8. The molecule has 0 spiro atoms. The summed E-state index contributed by atoms with van der Waals surface area (Å²) in [4.78, 5) is 10.1. The van der Waals surface area contributed by atoms with E-state index >= 15 is 0 Å². The lowest BCUT2D eigenvalue weighted by Gasteiger charge is -2.19. The maximum atomic E-state index is 12.3.